The van der Waals surface area contributed by atoms with Gasteiger partial charge in [-0.1, -0.05) is 24.3 Å². The van der Waals surface area contributed by atoms with E-state index in [1.807, 2.05) is 55.5 Å². The molecule has 0 spiro atoms. The summed E-state index contributed by atoms with van der Waals surface area (Å²) in [6, 6.07) is 15.8. The Morgan fingerprint density at radius 3 is 2.61 bits per heavy atom. The molecule has 0 unspecified atom stereocenters. The van der Waals surface area contributed by atoms with Gasteiger partial charge in [0.15, 0.2) is 5.82 Å². The third kappa shape index (κ3) is 3.59. The van der Waals surface area contributed by atoms with E-state index in [0.717, 1.165) is 5.69 Å². The highest BCUT2D eigenvalue weighted by Gasteiger charge is 2.01. The number of ether oxygens (including phenoxy) is 1. The first kappa shape index (κ1) is 12.1. The lowest BCUT2D eigenvalue weighted by atomic mass is 10.3. The van der Waals surface area contributed by atoms with Crippen molar-refractivity contribution in [3.05, 3.63) is 54.7 Å². The number of nitrogens with one attached hydrogen (secondary N) is 1. The molecular weight excluding hydrogens is 226 g/mol. The van der Waals surface area contributed by atoms with E-state index in [9.17, 15) is 0 Å². The molecular formula is C14H15N3O. The van der Waals surface area contributed by atoms with Crippen LogP contribution in [0.2, 0.25) is 0 Å². The van der Waals surface area contributed by atoms with E-state index in [1.54, 1.807) is 6.20 Å². The van der Waals surface area contributed by atoms with E-state index in [4.69, 9.17) is 4.74 Å². The molecule has 0 saturated carbocycles. The van der Waals surface area contributed by atoms with E-state index < -0.39 is 0 Å². The lowest BCUT2D eigenvalue weighted by Gasteiger charge is -2.09. The number of rotatable bonds is 3. The van der Waals surface area contributed by atoms with Crippen molar-refractivity contribution in [3.63, 3.8) is 0 Å². The second kappa shape index (κ2) is 6.39. The van der Waals surface area contributed by atoms with E-state index in [1.165, 1.54) is 0 Å². The second-order valence-corrected chi connectivity index (χ2v) is 3.53. The topological polar surface area (TPSA) is 46.5 Å². The first-order valence-electron chi connectivity index (χ1n) is 5.83. The zero-order valence-corrected chi connectivity index (χ0v) is 10.2. The molecule has 0 aliphatic heterocycles. The molecule has 2 rings (SSSR count). The van der Waals surface area contributed by atoms with Gasteiger partial charge in [0, 0.05) is 11.9 Å². The predicted octanol–water partition coefficient (Wildman–Crippen LogP) is 3.22. The summed E-state index contributed by atoms with van der Waals surface area (Å²) in [5.41, 5.74) is 0.931. The summed E-state index contributed by atoms with van der Waals surface area (Å²) < 4.78 is 5.45. The number of amidine groups is 1. The maximum absolute atomic E-state index is 5.45. The first-order chi connectivity index (χ1) is 8.88. The Kier molecular flexibility index (Phi) is 4.30. The molecule has 4 heteroatoms. The highest BCUT2D eigenvalue weighted by Crippen LogP contribution is 2.09. The average Bonchev–Trinajstić information content (AvgIpc) is 2.41. The first-order valence-corrected chi connectivity index (χ1v) is 5.83. The fourth-order valence-corrected chi connectivity index (χ4v) is 1.40. The molecule has 4 nitrogen and oxygen atoms in total. The van der Waals surface area contributed by atoms with E-state index in [2.05, 4.69) is 15.3 Å². The summed E-state index contributed by atoms with van der Waals surface area (Å²) in [5, 5.41) is 3.12. The van der Waals surface area contributed by atoms with E-state index in [-0.39, 0.29) is 0 Å². The number of hydrogen-bond acceptors (Lipinski definition) is 3. The quantitative estimate of drug-likeness (QED) is 0.663. The van der Waals surface area contributed by atoms with Crippen LogP contribution in [-0.2, 0) is 4.74 Å². The van der Waals surface area contributed by atoms with Gasteiger partial charge in [0.05, 0.1) is 6.61 Å². The van der Waals surface area contributed by atoms with Crippen LogP contribution in [0.25, 0.3) is 0 Å². The van der Waals surface area contributed by atoms with Gasteiger partial charge in [-0.3, -0.25) is 0 Å². The maximum Gasteiger partial charge on any atom is 0.295 e. The van der Waals surface area contributed by atoms with Crippen molar-refractivity contribution in [2.24, 2.45) is 4.99 Å². The van der Waals surface area contributed by atoms with Crippen LogP contribution in [0.5, 0.6) is 0 Å². The van der Waals surface area contributed by atoms with Crippen LogP contribution in [0.1, 0.15) is 6.92 Å². The summed E-state index contributed by atoms with van der Waals surface area (Å²) >= 11 is 0. The number of aromatic nitrogens is 1. The minimum Gasteiger partial charge on any atom is -0.465 e. The SMILES string of the molecule is CCO/C(=N\c1ccccn1)Nc1ccccc1. The highest BCUT2D eigenvalue weighted by atomic mass is 16.5. The number of anilines is 1. The Balaban J connectivity index is 2.16. The van der Waals surface area contributed by atoms with E-state index in [0.29, 0.717) is 18.4 Å². The van der Waals surface area contributed by atoms with Crippen molar-refractivity contribution in [2.75, 3.05) is 11.9 Å². The van der Waals surface area contributed by atoms with Gasteiger partial charge in [0.25, 0.3) is 6.02 Å². The maximum atomic E-state index is 5.45. The van der Waals surface area contributed by atoms with Crippen LogP contribution < -0.4 is 5.32 Å². The van der Waals surface area contributed by atoms with Crippen molar-refractivity contribution in [1.82, 2.24) is 4.98 Å². The Labute approximate surface area is 106 Å². The molecule has 0 saturated heterocycles. The molecule has 1 aromatic heterocycles. The Bertz CT molecular complexity index is 497. The summed E-state index contributed by atoms with van der Waals surface area (Å²) in [6.07, 6.45) is 1.70. The molecule has 1 N–H and O–H groups in total. The number of aliphatic imine (C=N–C) groups is 1. The molecule has 0 bridgehead atoms. The number of pyridine rings is 1. The van der Waals surface area contributed by atoms with Crippen molar-refractivity contribution >= 4 is 17.5 Å². The van der Waals surface area contributed by atoms with Crippen LogP contribution in [0.15, 0.2) is 59.7 Å². The molecule has 0 fully saturated rings. The van der Waals surface area contributed by atoms with Gasteiger partial charge < -0.3 is 10.1 Å². The lowest BCUT2D eigenvalue weighted by Crippen LogP contribution is -2.15. The molecule has 18 heavy (non-hydrogen) atoms. The largest absolute Gasteiger partial charge is 0.465 e. The summed E-state index contributed by atoms with van der Waals surface area (Å²) in [5.74, 6) is 0.615. The molecule has 2 aromatic rings. The van der Waals surface area contributed by atoms with Crippen LogP contribution in [-0.4, -0.2) is 17.6 Å². The molecule has 0 aliphatic carbocycles. The fourth-order valence-electron chi connectivity index (χ4n) is 1.40. The van der Waals surface area contributed by atoms with Gasteiger partial charge in [-0.15, -0.1) is 0 Å². The van der Waals surface area contributed by atoms with Gasteiger partial charge in [-0.25, -0.2) is 4.98 Å². The Morgan fingerprint density at radius 1 is 1.17 bits per heavy atom. The van der Waals surface area contributed by atoms with Crippen LogP contribution in [0.4, 0.5) is 11.5 Å². The number of hydrogen-bond donors (Lipinski definition) is 1. The fraction of sp³-hybridized carbons (Fsp3) is 0.143. The van der Waals surface area contributed by atoms with Crippen molar-refractivity contribution < 1.29 is 4.74 Å². The van der Waals surface area contributed by atoms with Gasteiger partial charge in [0.2, 0.25) is 0 Å². The molecule has 92 valence electrons. The molecule has 0 radical (unpaired) electrons. The van der Waals surface area contributed by atoms with Crippen LogP contribution >= 0.6 is 0 Å². The third-order valence-electron chi connectivity index (χ3n) is 2.17. The average molecular weight is 241 g/mol. The molecule has 0 aliphatic rings. The standard InChI is InChI=1S/C14H15N3O/c1-2-18-14(16-12-8-4-3-5-9-12)17-13-10-6-7-11-15-13/h3-11H,2H2,1H3,(H,15,16,17). The highest BCUT2D eigenvalue weighted by molar-refractivity contribution is 5.90. The molecule has 0 atom stereocenters. The zero-order valence-electron chi connectivity index (χ0n) is 10.2. The minimum absolute atomic E-state index is 0.447. The minimum atomic E-state index is 0.447. The summed E-state index contributed by atoms with van der Waals surface area (Å²) in [6.45, 7) is 2.46. The monoisotopic (exact) mass is 241 g/mol. The lowest BCUT2D eigenvalue weighted by molar-refractivity contribution is 0.326. The van der Waals surface area contributed by atoms with Gasteiger partial charge >= 0.3 is 0 Å². The molecule has 0 amide bonds. The van der Waals surface area contributed by atoms with Crippen molar-refractivity contribution in [1.29, 1.82) is 0 Å². The third-order valence-corrected chi connectivity index (χ3v) is 2.17. The number of para-hydroxylation sites is 1. The van der Waals surface area contributed by atoms with Crippen LogP contribution in [0, 0.1) is 0 Å². The van der Waals surface area contributed by atoms with Gasteiger partial charge in [-0.2, -0.15) is 4.99 Å². The second-order valence-electron chi connectivity index (χ2n) is 3.53. The van der Waals surface area contributed by atoms with Crippen molar-refractivity contribution in [2.45, 2.75) is 6.92 Å². The summed E-state index contributed by atoms with van der Waals surface area (Å²) in [4.78, 5) is 8.45. The van der Waals surface area contributed by atoms with Crippen LogP contribution in [0.3, 0.4) is 0 Å². The smallest absolute Gasteiger partial charge is 0.295 e. The molecule has 1 aromatic carbocycles. The zero-order chi connectivity index (χ0) is 12.6. The normalized spacial score (nSPS) is 11.1. The molecule has 1 heterocycles. The predicted molar refractivity (Wildman–Crippen MR) is 73.0 cm³/mol. The Hall–Kier alpha value is -2.36. The van der Waals surface area contributed by atoms with Gasteiger partial charge in [-0.05, 0) is 31.2 Å². The number of nitrogens with zero attached hydrogens (tertiary/aromatic N) is 2. The van der Waals surface area contributed by atoms with Crippen molar-refractivity contribution in [3.8, 4) is 0 Å². The number of benzene rings is 1. The Morgan fingerprint density at radius 2 is 1.94 bits per heavy atom. The summed E-state index contributed by atoms with van der Waals surface area (Å²) in [7, 11) is 0. The van der Waals surface area contributed by atoms with Gasteiger partial charge in [0.1, 0.15) is 0 Å². The van der Waals surface area contributed by atoms with E-state index >= 15 is 0 Å².